The summed E-state index contributed by atoms with van der Waals surface area (Å²) in [6.07, 6.45) is 5.53. The molecule has 176 valence electrons. The second-order valence-electron chi connectivity index (χ2n) is 9.19. The van der Waals surface area contributed by atoms with Crippen LogP contribution in [0.4, 0.5) is 0 Å². The second kappa shape index (κ2) is 11.7. The highest BCUT2D eigenvalue weighted by molar-refractivity contribution is 5.81. The molecule has 2 N–H and O–H groups in total. The van der Waals surface area contributed by atoms with Gasteiger partial charge in [0.25, 0.3) is 0 Å². The topological polar surface area (TPSA) is 69.2 Å². The van der Waals surface area contributed by atoms with Gasteiger partial charge in [0.1, 0.15) is 0 Å². The Hall–Kier alpha value is -2.12. The molecule has 0 spiro atoms. The summed E-state index contributed by atoms with van der Waals surface area (Å²) in [7, 11) is 0. The Bertz CT molecular complexity index is 744. The lowest BCUT2D eigenvalue weighted by atomic mass is 10.0. The van der Waals surface area contributed by atoms with Gasteiger partial charge in [0.05, 0.1) is 25.8 Å². The zero-order valence-electron chi connectivity index (χ0n) is 19.5. The highest BCUT2D eigenvalue weighted by Gasteiger charge is 2.32. The van der Waals surface area contributed by atoms with Gasteiger partial charge in [-0.05, 0) is 31.7 Å². The number of ether oxygens (including phenoxy) is 1. The van der Waals surface area contributed by atoms with Gasteiger partial charge >= 0.3 is 0 Å². The monoisotopic (exact) mass is 441 g/mol. The standard InChI is InChI=1S/C25H39N5O2/c1-2-26-25(28-22-12-13-30(19-22)24(31)21-10-6-7-11-21)27-18-23(20-8-4-3-5-9-20)29-14-16-32-17-15-29/h3-5,8-9,21-23H,2,6-7,10-19H2,1H3,(H2,26,27,28). The van der Waals surface area contributed by atoms with Crippen LogP contribution >= 0.6 is 0 Å². The number of amides is 1. The Morgan fingerprint density at radius 1 is 1.12 bits per heavy atom. The van der Waals surface area contributed by atoms with Gasteiger partial charge in [0.2, 0.25) is 5.91 Å². The molecule has 0 bridgehead atoms. The molecule has 7 heteroatoms. The van der Waals surface area contributed by atoms with E-state index in [1.807, 2.05) is 0 Å². The minimum atomic E-state index is 0.236. The first-order valence-electron chi connectivity index (χ1n) is 12.4. The molecule has 3 aliphatic rings. The Balaban J connectivity index is 1.38. The van der Waals surface area contributed by atoms with Crippen molar-refractivity contribution in [2.45, 2.75) is 51.1 Å². The zero-order chi connectivity index (χ0) is 22.2. The van der Waals surface area contributed by atoms with Crippen LogP contribution in [-0.4, -0.2) is 80.2 Å². The Morgan fingerprint density at radius 3 is 2.59 bits per heavy atom. The second-order valence-corrected chi connectivity index (χ2v) is 9.19. The highest BCUT2D eigenvalue weighted by atomic mass is 16.5. The molecule has 4 rings (SSSR count). The van der Waals surface area contributed by atoms with Crippen molar-refractivity contribution in [1.82, 2.24) is 20.4 Å². The maximum absolute atomic E-state index is 12.8. The molecule has 2 heterocycles. The summed E-state index contributed by atoms with van der Waals surface area (Å²) in [5.41, 5.74) is 1.29. The summed E-state index contributed by atoms with van der Waals surface area (Å²) < 4.78 is 5.57. The van der Waals surface area contributed by atoms with Gasteiger partial charge in [-0.25, -0.2) is 0 Å². The van der Waals surface area contributed by atoms with E-state index in [0.29, 0.717) is 12.5 Å². The molecule has 2 aliphatic heterocycles. The van der Waals surface area contributed by atoms with E-state index in [-0.39, 0.29) is 18.0 Å². The van der Waals surface area contributed by atoms with E-state index in [2.05, 4.69) is 57.7 Å². The Labute approximate surface area is 192 Å². The van der Waals surface area contributed by atoms with Crippen molar-refractivity contribution in [2.75, 3.05) is 52.5 Å². The zero-order valence-corrected chi connectivity index (χ0v) is 19.5. The van der Waals surface area contributed by atoms with Crippen LogP contribution in [0.1, 0.15) is 50.6 Å². The molecular weight excluding hydrogens is 402 g/mol. The van der Waals surface area contributed by atoms with Gasteiger partial charge in [-0.1, -0.05) is 43.2 Å². The molecule has 1 amide bonds. The predicted molar refractivity (Wildman–Crippen MR) is 128 cm³/mol. The van der Waals surface area contributed by atoms with E-state index in [1.54, 1.807) is 0 Å². The van der Waals surface area contributed by atoms with Crippen molar-refractivity contribution < 1.29 is 9.53 Å². The van der Waals surface area contributed by atoms with E-state index in [4.69, 9.17) is 9.73 Å². The normalized spacial score (nSPS) is 24.0. The lowest BCUT2D eigenvalue weighted by molar-refractivity contribution is -0.134. The third kappa shape index (κ3) is 6.01. The van der Waals surface area contributed by atoms with Gasteiger partial charge in [0, 0.05) is 44.7 Å². The molecule has 3 fully saturated rings. The molecular formula is C25H39N5O2. The molecule has 1 aliphatic carbocycles. The molecule has 2 saturated heterocycles. The smallest absolute Gasteiger partial charge is 0.225 e. The number of rotatable bonds is 7. The largest absolute Gasteiger partial charge is 0.379 e. The number of aliphatic imine (C=N–C) groups is 1. The number of nitrogens with one attached hydrogen (secondary N) is 2. The van der Waals surface area contributed by atoms with Gasteiger partial charge in [-0.15, -0.1) is 0 Å². The average molecular weight is 442 g/mol. The van der Waals surface area contributed by atoms with Crippen molar-refractivity contribution in [2.24, 2.45) is 10.9 Å². The minimum Gasteiger partial charge on any atom is -0.379 e. The lowest BCUT2D eigenvalue weighted by Crippen LogP contribution is -2.46. The SMILES string of the molecule is CCNC(=NCC(c1ccccc1)N1CCOCC1)NC1CCN(C(=O)C2CCCC2)C1. The van der Waals surface area contributed by atoms with E-state index in [9.17, 15) is 4.79 Å². The number of likely N-dealkylation sites (tertiary alicyclic amines) is 1. The van der Waals surface area contributed by atoms with Gasteiger partial charge < -0.3 is 20.3 Å². The number of carbonyl (C=O) groups is 1. The number of carbonyl (C=O) groups excluding carboxylic acids is 1. The van der Waals surface area contributed by atoms with E-state index >= 15 is 0 Å². The molecule has 2 unspecified atom stereocenters. The molecule has 1 saturated carbocycles. The van der Waals surface area contributed by atoms with Gasteiger partial charge in [0.15, 0.2) is 5.96 Å². The predicted octanol–water partition coefficient (Wildman–Crippen LogP) is 2.41. The molecule has 0 aromatic heterocycles. The summed E-state index contributed by atoms with van der Waals surface area (Å²) >= 11 is 0. The summed E-state index contributed by atoms with van der Waals surface area (Å²) in [6, 6.07) is 11.2. The first-order chi connectivity index (χ1) is 15.7. The Kier molecular flexibility index (Phi) is 8.40. The number of benzene rings is 1. The third-order valence-electron chi connectivity index (χ3n) is 6.98. The number of hydrogen-bond donors (Lipinski definition) is 2. The molecule has 1 aromatic rings. The van der Waals surface area contributed by atoms with Crippen LogP contribution in [0.3, 0.4) is 0 Å². The Morgan fingerprint density at radius 2 is 1.88 bits per heavy atom. The van der Waals surface area contributed by atoms with E-state index in [0.717, 1.165) is 71.2 Å². The molecule has 7 nitrogen and oxygen atoms in total. The number of guanidine groups is 1. The van der Waals surface area contributed by atoms with Crippen LogP contribution in [0.25, 0.3) is 0 Å². The maximum Gasteiger partial charge on any atom is 0.225 e. The van der Waals surface area contributed by atoms with Crippen molar-refractivity contribution in [1.29, 1.82) is 0 Å². The van der Waals surface area contributed by atoms with Crippen LogP contribution in [0.15, 0.2) is 35.3 Å². The number of hydrogen-bond acceptors (Lipinski definition) is 4. The van der Waals surface area contributed by atoms with Crippen molar-refractivity contribution in [3.05, 3.63) is 35.9 Å². The van der Waals surface area contributed by atoms with Crippen LogP contribution < -0.4 is 10.6 Å². The number of morpholine rings is 1. The van der Waals surface area contributed by atoms with Crippen LogP contribution in [0.5, 0.6) is 0 Å². The summed E-state index contributed by atoms with van der Waals surface area (Å²) in [4.78, 5) is 22.3. The fraction of sp³-hybridized carbons (Fsp3) is 0.680. The van der Waals surface area contributed by atoms with Crippen LogP contribution in [-0.2, 0) is 9.53 Å². The number of nitrogens with zero attached hydrogens (tertiary/aromatic N) is 3. The maximum atomic E-state index is 12.8. The van der Waals surface area contributed by atoms with E-state index in [1.165, 1.54) is 18.4 Å². The van der Waals surface area contributed by atoms with Crippen molar-refractivity contribution >= 4 is 11.9 Å². The molecule has 2 atom stereocenters. The fourth-order valence-electron chi connectivity index (χ4n) is 5.20. The molecule has 32 heavy (non-hydrogen) atoms. The first-order valence-corrected chi connectivity index (χ1v) is 12.4. The lowest BCUT2D eigenvalue weighted by Gasteiger charge is -2.34. The van der Waals surface area contributed by atoms with Crippen LogP contribution in [0, 0.1) is 5.92 Å². The van der Waals surface area contributed by atoms with E-state index < -0.39 is 0 Å². The average Bonchev–Trinajstić information content (AvgIpc) is 3.53. The minimum absolute atomic E-state index is 0.236. The highest BCUT2D eigenvalue weighted by Crippen LogP contribution is 2.28. The van der Waals surface area contributed by atoms with Crippen LogP contribution in [0.2, 0.25) is 0 Å². The van der Waals surface area contributed by atoms with Gasteiger partial charge in [-0.2, -0.15) is 0 Å². The third-order valence-corrected chi connectivity index (χ3v) is 6.98. The summed E-state index contributed by atoms with van der Waals surface area (Å²) in [6.45, 7) is 8.65. The van der Waals surface area contributed by atoms with Crippen molar-refractivity contribution in [3.8, 4) is 0 Å². The van der Waals surface area contributed by atoms with Gasteiger partial charge in [-0.3, -0.25) is 14.7 Å². The van der Waals surface area contributed by atoms with Crippen molar-refractivity contribution in [3.63, 3.8) is 0 Å². The molecule has 0 radical (unpaired) electrons. The first kappa shape index (κ1) is 23.1. The summed E-state index contributed by atoms with van der Waals surface area (Å²) in [5.74, 6) is 1.47. The fourth-order valence-corrected chi connectivity index (χ4v) is 5.20. The molecule has 1 aromatic carbocycles. The quantitative estimate of drug-likeness (QED) is 0.502. The summed E-state index contributed by atoms with van der Waals surface area (Å²) in [5, 5.41) is 7.01.